The highest BCUT2D eigenvalue weighted by atomic mass is 16.2. The molecule has 2 aliphatic heterocycles. The van der Waals surface area contributed by atoms with Crippen LogP contribution in [0.25, 0.3) is 16.3 Å². The van der Waals surface area contributed by atoms with Gasteiger partial charge in [0.1, 0.15) is 0 Å². The summed E-state index contributed by atoms with van der Waals surface area (Å²) in [5.74, 6) is -0.231. The lowest BCUT2D eigenvalue weighted by Gasteiger charge is -2.27. The number of nitrogens with zero attached hydrogens (tertiary/aromatic N) is 2. The molecule has 2 N–H and O–H groups in total. The zero-order valence-corrected chi connectivity index (χ0v) is 13.2. The number of hydrogen-bond acceptors (Lipinski definition) is 4. The van der Waals surface area contributed by atoms with Crippen molar-refractivity contribution in [1.29, 1.82) is 0 Å². The van der Waals surface area contributed by atoms with Crippen LogP contribution < -0.4 is 15.5 Å². The molecular formula is C18H18N4O2. The van der Waals surface area contributed by atoms with Crippen molar-refractivity contribution in [2.24, 2.45) is 0 Å². The standard InChI is InChI=1S/C18H18N4O2/c23-17-6-9-22(18(24)21-17)16-11-20-10-15-13(2-1-3-14(15)16)12-4-7-19-8-5-12/h1-4,10-11,19H,5-9H2,(H,21,23,24). The molecule has 0 bridgehead atoms. The van der Waals surface area contributed by atoms with E-state index >= 15 is 0 Å². The highest BCUT2D eigenvalue weighted by Crippen LogP contribution is 2.33. The van der Waals surface area contributed by atoms with Gasteiger partial charge in [0.05, 0.1) is 11.9 Å². The van der Waals surface area contributed by atoms with Crippen molar-refractivity contribution in [3.8, 4) is 0 Å². The number of benzene rings is 1. The van der Waals surface area contributed by atoms with Crippen LogP contribution in [0.4, 0.5) is 10.5 Å². The molecule has 0 atom stereocenters. The quantitative estimate of drug-likeness (QED) is 0.887. The average Bonchev–Trinajstić information content (AvgIpc) is 2.62. The number of anilines is 1. The summed E-state index contributed by atoms with van der Waals surface area (Å²) in [5, 5.41) is 7.70. The molecule has 4 rings (SSSR count). The first-order valence-corrected chi connectivity index (χ1v) is 8.12. The SMILES string of the molecule is O=C1CCN(c2cncc3c(C4=CCNCC4)cccc23)C(=O)N1. The van der Waals surface area contributed by atoms with E-state index in [9.17, 15) is 9.59 Å². The van der Waals surface area contributed by atoms with Gasteiger partial charge in [-0.3, -0.25) is 20.0 Å². The fourth-order valence-electron chi connectivity index (χ4n) is 3.34. The summed E-state index contributed by atoms with van der Waals surface area (Å²) in [4.78, 5) is 29.5. The Morgan fingerprint density at radius 2 is 2.00 bits per heavy atom. The molecule has 122 valence electrons. The van der Waals surface area contributed by atoms with Gasteiger partial charge in [0.15, 0.2) is 0 Å². The maximum atomic E-state index is 12.2. The minimum atomic E-state index is -0.382. The Hall–Kier alpha value is -2.73. The average molecular weight is 322 g/mol. The van der Waals surface area contributed by atoms with Crippen molar-refractivity contribution in [3.63, 3.8) is 0 Å². The summed E-state index contributed by atoms with van der Waals surface area (Å²) >= 11 is 0. The van der Waals surface area contributed by atoms with Crippen molar-refractivity contribution >= 4 is 34.0 Å². The van der Waals surface area contributed by atoms with Crippen molar-refractivity contribution < 1.29 is 9.59 Å². The lowest BCUT2D eigenvalue weighted by molar-refractivity contribution is -0.120. The molecule has 24 heavy (non-hydrogen) atoms. The highest BCUT2D eigenvalue weighted by molar-refractivity contribution is 6.10. The summed E-state index contributed by atoms with van der Waals surface area (Å²) in [6.07, 6.45) is 7.03. The Morgan fingerprint density at radius 1 is 1.08 bits per heavy atom. The summed E-state index contributed by atoms with van der Waals surface area (Å²) < 4.78 is 0. The summed E-state index contributed by atoms with van der Waals surface area (Å²) in [6.45, 7) is 2.21. The van der Waals surface area contributed by atoms with E-state index < -0.39 is 0 Å². The number of amides is 3. The zero-order valence-electron chi connectivity index (χ0n) is 13.2. The van der Waals surface area contributed by atoms with Crippen LogP contribution in [0, 0.1) is 0 Å². The van der Waals surface area contributed by atoms with Crippen molar-refractivity contribution in [3.05, 3.63) is 42.2 Å². The second kappa shape index (κ2) is 6.05. The van der Waals surface area contributed by atoms with E-state index in [0.29, 0.717) is 13.0 Å². The number of aromatic nitrogens is 1. The Labute approximate surface area is 139 Å². The number of nitrogens with one attached hydrogen (secondary N) is 2. The fourth-order valence-corrected chi connectivity index (χ4v) is 3.34. The number of carbonyl (C=O) groups excluding carboxylic acids is 2. The van der Waals surface area contributed by atoms with Crippen LogP contribution in [-0.4, -0.2) is 36.6 Å². The van der Waals surface area contributed by atoms with Gasteiger partial charge in [-0.2, -0.15) is 0 Å². The van der Waals surface area contributed by atoms with E-state index in [4.69, 9.17) is 0 Å². The van der Waals surface area contributed by atoms with Gasteiger partial charge in [0.25, 0.3) is 0 Å². The smallest absolute Gasteiger partial charge is 0.313 e. The van der Waals surface area contributed by atoms with Crippen LogP contribution in [0.2, 0.25) is 0 Å². The Kier molecular flexibility index (Phi) is 3.74. The van der Waals surface area contributed by atoms with Crippen LogP contribution in [0.5, 0.6) is 0 Å². The maximum Gasteiger partial charge on any atom is 0.328 e. The van der Waals surface area contributed by atoms with Crippen LogP contribution in [-0.2, 0) is 4.79 Å². The van der Waals surface area contributed by atoms with Crippen LogP contribution in [0.15, 0.2) is 36.7 Å². The number of imide groups is 1. The lowest BCUT2D eigenvalue weighted by atomic mass is 9.95. The fraction of sp³-hybridized carbons (Fsp3) is 0.278. The molecule has 1 fully saturated rings. The third-order valence-electron chi connectivity index (χ3n) is 4.54. The van der Waals surface area contributed by atoms with Crippen molar-refractivity contribution in [2.75, 3.05) is 24.5 Å². The van der Waals surface area contributed by atoms with E-state index in [2.05, 4.69) is 27.8 Å². The third-order valence-corrected chi connectivity index (χ3v) is 4.54. The predicted octanol–water partition coefficient (Wildman–Crippen LogP) is 2.06. The topological polar surface area (TPSA) is 74.3 Å². The number of fused-ring (bicyclic) bond motifs is 1. The molecule has 1 aromatic heterocycles. The van der Waals surface area contributed by atoms with Crippen LogP contribution >= 0.6 is 0 Å². The molecule has 0 unspecified atom stereocenters. The Bertz CT molecular complexity index is 859. The van der Waals surface area contributed by atoms with Gasteiger partial charge >= 0.3 is 6.03 Å². The molecule has 0 spiro atoms. The molecule has 1 saturated heterocycles. The van der Waals surface area contributed by atoms with Gasteiger partial charge in [-0.1, -0.05) is 24.3 Å². The van der Waals surface area contributed by atoms with Gasteiger partial charge in [0.2, 0.25) is 5.91 Å². The molecule has 6 nitrogen and oxygen atoms in total. The van der Waals surface area contributed by atoms with Crippen molar-refractivity contribution in [1.82, 2.24) is 15.6 Å². The molecule has 2 aromatic rings. The second-order valence-corrected chi connectivity index (χ2v) is 6.00. The second-order valence-electron chi connectivity index (χ2n) is 6.00. The normalized spacial score (nSPS) is 18.5. The van der Waals surface area contributed by atoms with Gasteiger partial charge in [-0.05, 0) is 24.1 Å². The molecule has 0 saturated carbocycles. The first-order chi connectivity index (χ1) is 11.7. The van der Waals surface area contributed by atoms with E-state index in [0.717, 1.165) is 41.5 Å². The minimum absolute atomic E-state index is 0.231. The van der Waals surface area contributed by atoms with E-state index in [1.165, 1.54) is 5.57 Å². The molecule has 2 aliphatic rings. The number of hydrogen-bond donors (Lipinski definition) is 2. The molecule has 1 aromatic carbocycles. The number of carbonyl (C=O) groups is 2. The Balaban J connectivity index is 1.82. The maximum absolute atomic E-state index is 12.2. The van der Waals surface area contributed by atoms with Gasteiger partial charge < -0.3 is 5.32 Å². The lowest BCUT2D eigenvalue weighted by Crippen LogP contribution is -2.49. The number of pyridine rings is 1. The predicted molar refractivity (Wildman–Crippen MR) is 92.7 cm³/mol. The van der Waals surface area contributed by atoms with Gasteiger partial charge in [-0.15, -0.1) is 0 Å². The molecule has 3 heterocycles. The monoisotopic (exact) mass is 322 g/mol. The van der Waals surface area contributed by atoms with E-state index in [1.807, 2.05) is 18.3 Å². The summed E-state index contributed by atoms with van der Waals surface area (Å²) in [6, 6.07) is 5.73. The molecule has 0 radical (unpaired) electrons. The number of rotatable bonds is 2. The van der Waals surface area contributed by atoms with Gasteiger partial charge in [0, 0.05) is 36.5 Å². The van der Waals surface area contributed by atoms with E-state index in [1.54, 1.807) is 11.1 Å². The van der Waals surface area contributed by atoms with Crippen molar-refractivity contribution in [2.45, 2.75) is 12.8 Å². The van der Waals surface area contributed by atoms with E-state index in [-0.39, 0.29) is 11.9 Å². The minimum Gasteiger partial charge on any atom is -0.313 e. The molecule has 6 heteroatoms. The number of urea groups is 1. The zero-order chi connectivity index (χ0) is 16.5. The summed E-state index contributed by atoms with van der Waals surface area (Å²) in [7, 11) is 0. The van der Waals surface area contributed by atoms with Crippen LogP contribution in [0.3, 0.4) is 0 Å². The molecule has 0 aliphatic carbocycles. The molecule has 3 amide bonds. The van der Waals surface area contributed by atoms with Crippen LogP contribution in [0.1, 0.15) is 18.4 Å². The third kappa shape index (κ3) is 2.55. The molecular weight excluding hydrogens is 304 g/mol. The Morgan fingerprint density at radius 3 is 2.79 bits per heavy atom. The van der Waals surface area contributed by atoms with Gasteiger partial charge in [-0.25, -0.2) is 4.79 Å². The summed E-state index contributed by atoms with van der Waals surface area (Å²) in [5.41, 5.74) is 3.21. The first-order valence-electron chi connectivity index (χ1n) is 8.12. The first kappa shape index (κ1) is 14.8. The largest absolute Gasteiger partial charge is 0.328 e. The highest BCUT2D eigenvalue weighted by Gasteiger charge is 2.26.